The van der Waals surface area contributed by atoms with E-state index in [1.54, 1.807) is 6.92 Å². The topological polar surface area (TPSA) is 65.2 Å². The van der Waals surface area contributed by atoms with Crippen molar-refractivity contribution in [3.05, 3.63) is 42.1 Å². The molecular formula is C14H17ClN2O2. The first-order chi connectivity index (χ1) is 8.70. The highest BCUT2D eigenvalue weighted by Crippen LogP contribution is 2.17. The molecule has 0 saturated heterocycles. The number of benzene rings is 1. The number of hydrogen-bond acceptors (Lipinski definition) is 4. The molecule has 0 fully saturated rings. The fraction of sp³-hybridized carbons (Fsp3) is 0.286. The normalized spacial score (nSPS) is 11.7. The second-order valence-corrected chi connectivity index (χ2v) is 4.04. The molecular weight excluding hydrogens is 264 g/mol. The van der Waals surface area contributed by atoms with Gasteiger partial charge in [0.1, 0.15) is 0 Å². The predicted molar refractivity (Wildman–Crippen MR) is 77.2 cm³/mol. The average molecular weight is 281 g/mol. The molecule has 0 bridgehead atoms. The predicted octanol–water partition coefficient (Wildman–Crippen LogP) is 2.61. The quantitative estimate of drug-likeness (QED) is 0.875. The minimum atomic E-state index is -0.423. The summed E-state index contributed by atoms with van der Waals surface area (Å²) in [7, 11) is 0. The van der Waals surface area contributed by atoms with E-state index in [9.17, 15) is 4.79 Å². The van der Waals surface area contributed by atoms with Crippen molar-refractivity contribution in [1.82, 2.24) is 4.98 Å². The van der Waals surface area contributed by atoms with Gasteiger partial charge < -0.3 is 10.5 Å². The number of esters is 1. The first-order valence-corrected chi connectivity index (χ1v) is 5.97. The molecule has 1 aromatic heterocycles. The molecule has 19 heavy (non-hydrogen) atoms. The van der Waals surface area contributed by atoms with Crippen molar-refractivity contribution in [1.29, 1.82) is 0 Å². The molecule has 1 aromatic carbocycles. The first kappa shape index (κ1) is 15.4. The summed E-state index contributed by atoms with van der Waals surface area (Å²) in [5.41, 5.74) is 7.55. The zero-order valence-corrected chi connectivity index (χ0v) is 11.5. The molecule has 0 aliphatic rings. The Kier molecular flexibility index (Phi) is 5.73. The van der Waals surface area contributed by atoms with Crippen LogP contribution >= 0.6 is 12.4 Å². The van der Waals surface area contributed by atoms with Gasteiger partial charge in [-0.3, -0.25) is 9.78 Å². The van der Waals surface area contributed by atoms with Gasteiger partial charge in [0.15, 0.2) is 0 Å². The lowest BCUT2D eigenvalue weighted by molar-refractivity contribution is -0.143. The number of fused-ring (bicyclic) bond motifs is 1. The lowest BCUT2D eigenvalue weighted by atomic mass is 10.1. The molecule has 0 radical (unpaired) electrons. The number of para-hydroxylation sites is 1. The standard InChI is InChI=1S/C14H16N2O2.ClH/c1-2-18-14(17)9-11(15)13-8-7-10-5-3-4-6-12(10)16-13;/h3-8,11H,2,9,15H2,1H3;1H/t11-;/m1./s1. The number of rotatable bonds is 4. The molecule has 0 amide bonds. The fourth-order valence-corrected chi connectivity index (χ4v) is 1.79. The number of aromatic nitrogens is 1. The third-order valence-corrected chi connectivity index (χ3v) is 2.69. The third kappa shape index (κ3) is 3.91. The monoisotopic (exact) mass is 280 g/mol. The van der Waals surface area contributed by atoms with Crippen LogP contribution in [0.15, 0.2) is 36.4 Å². The van der Waals surface area contributed by atoms with Gasteiger partial charge in [0.2, 0.25) is 0 Å². The third-order valence-electron chi connectivity index (χ3n) is 2.69. The number of ether oxygens (including phenoxy) is 1. The van der Waals surface area contributed by atoms with Crippen molar-refractivity contribution < 1.29 is 9.53 Å². The maximum absolute atomic E-state index is 11.4. The summed E-state index contributed by atoms with van der Waals surface area (Å²) < 4.78 is 4.87. The number of carbonyl (C=O) groups is 1. The van der Waals surface area contributed by atoms with Gasteiger partial charge in [-0.25, -0.2) is 0 Å². The first-order valence-electron chi connectivity index (χ1n) is 5.97. The number of halogens is 1. The largest absolute Gasteiger partial charge is 0.466 e. The minimum Gasteiger partial charge on any atom is -0.466 e. The summed E-state index contributed by atoms with van der Waals surface area (Å²) in [6, 6.07) is 11.2. The highest BCUT2D eigenvalue weighted by Gasteiger charge is 2.13. The van der Waals surface area contributed by atoms with Crippen molar-refractivity contribution in [2.45, 2.75) is 19.4 Å². The number of nitrogens with zero attached hydrogens (tertiary/aromatic N) is 1. The molecule has 2 rings (SSSR count). The highest BCUT2D eigenvalue weighted by atomic mass is 35.5. The highest BCUT2D eigenvalue weighted by molar-refractivity contribution is 5.85. The molecule has 2 aromatic rings. The van der Waals surface area contributed by atoms with E-state index >= 15 is 0 Å². The summed E-state index contributed by atoms with van der Waals surface area (Å²) in [6.45, 7) is 2.15. The van der Waals surface area contributed by atoms with Crippen molar-refractivity contribution in [2.24, 2.45) is 5.73 Å². The van der Waals surface area contributed by atoms with E-state index in [0.29, 0.717) is 12.3 Å². The van der Waals surface area contributed by atoms with Crippen LogP contribution in [0.25, 0.3) is 10.9 Å². The summed E-state index contributed by atoms with van der Waals surface area (Å²) in [5, 5.41) is 1.06. The molecule has 1 heterocycles. The Balaban J connectivity index is 0.00000180. The van der Waals surface area contributed by atoms with Crippen LogP contribution in [0, 0.1) is 0 Å². The van der Waals surface area contributed by atoms with E-state index in [-0.39, 0.29) is 24.8 Å². The van der Waals surface area contributed by atoms with Gasteiger partial charge in [0.25, 0.3) is 0 Å². The molecule has 102 valence electrons. The fourth-order valence-electron chi connectivity index (χ4n) is 1.79. The number of carbonyl (C=O) groups excluding carboxylic acids is 1. The second kappa shape index (κ2) is 7.07. The SMILES string of the molecule is CCOC(=O)C[C@@H](N)c1ccc2ccccc2n1.Cl. The van der Waals surface area contributed by atoms with Crippen molar-refractivity contribution >= 4 is 29.3 Å². The van der Waals surface area contributed by atoms with Crippen molar-refractivity contribution in [3.8, 4) is 0 Å². The number of pyridine rings is 1. The van der Waals surface area contributed by atoms with E-state index in [0.717, 1.165) is 10.9 Å². The maximum Gasteiger partial charge on any atom is 0.307 e. The van der Waals surface area contributed by atoms with Crippen molar-refractivity contribution in [3.63, 3.8) is 0 Å². The van der Waals surface area contributed by atoms with Crippen LogP contribution in [0.4, 0.5) is 0 Å². The summed E-state index contributed by atoms with van der Waals surface area (Å²) in [6.07, 6.45) is 0.152. The summed E-state index contributed by atoms with van der Waals surface area (Å²) in [4.78, 5) is 15.8. The zero-order valence-electron chi connectivity index (χ0n) is 10.7. The molecule has 2 N–H and O–H groups in total. The Bertz CT molecular complexity index is 560. The Morgan fingerprint density at radius 3 is 2.79 bits per heavy atom. The Labute approximate surface area is 118 Å². The van der Waals surface area contributed by atoms with E-state index in [4.69, 9.17) is 10.5 Å². The molecule has 5 heteroatoms. The Morgan fingerprint density at radius 1 is 1.32 bits per heavy atom. The Morgan fingerprint density at radius 2 is 2.05 bits per heavy atom. The van der Waals surface area contributed by atoms with Crippen LogP contribution in [-0.2, 0) is 9.53 Å². The van der Waals surface area contributed by atoms with Crippen LogP contribution in [-0.4, -0.2) is 17.6 Å². The second-order valence-electron chi connectivity index (χ2n) is 4.04. The molecule has 4 nitrogen and oxygen atoms in total. The van der Waals surface area contributed by atoms with Gasteiger partial charge in [-0.2, -0.15) is 0 Å². The van der Waals surface area contributed by atoms with E-state index < -0.39 is 6.04 Å². The van der Waals surface area contributed by atoms with Crippen LogP contribution in [0.3, 0.4) is 0 Å². The summed E-state index contributed by atoms with van der Waals surface area (Å²) >= 11 is 0. The van der Waals surface area contributed by atoms with E-state index in [1.807, 2.05) is 36.4 Å². The van der Waals surface area contributed by atoms with Crippen LogP contribution in [0.2, 0.25) is 0 Å². The average Bonchev–Trinajstić information content (AvgIpc) is 2.38. The van der Waals surface area contributed by atoms with Gasteiger partial charge in [0, 0.05) is 5.39 Å². The summed E-state index contributed by atoms with van der Waals surface area (Å²) in [5.74, 6) is -0.292. The van der Waals surface area contributed by atoms with Gasteiger partial charge in [0.05, 0.1) is 30.3 Å². The van der Waals surface area contributed by atoms with Gasteiger partial charge in [-0.1, -0.05) is 24.3 Å². The molecule has 0 unspecified atom stereocenters. The number of nitrogens with two attached hydrogens (primary N) is 1. The Hall–Kier alpha value is -1.65. The molecule has 0 aliphatic heterocycles. The minimum absolute atomic E-state index is 0. The van der Waals surface area contributed by atoms with Crippen LogP contribution in [0.5, 0.6) is 0 Å². The van der Waals surface area contributed by atoms with Gasteiger partial charge in [-0.05, 0) is 19.1 Å². The molecule has 1 atom stereocenters. The maximum atomic E-state index is 11.4. The smallest absolute Gasteiger partial charge is 0.307 e. The molecule has 0 spiro atoms. The number of hydrogen-bond donors (Lipinski definition) is 1. The van der Waals surface area contributed by atoms with E-state index in [2.05, 4.69) is 4.98 Å². The lowest BCUT2D eigenvalue weighted by Crippen LogP contribution is -2.18. The van der Waals surface area contributed by atoms with Gasteiger partial charge >= 0.3 is 5.97 Å². The molecule has 0 aliphatic carbocycles. The van der Waals surface area contributed by atoms with Gasteiger partial charge in [-0.15, -0.1) is 12.4 Å². The molecule has 0 saturated carbocycles. The van der Waals surface area contributed by atoms with Crippen LogP contribution in [0.1, 0.15) is 25.1 Å². The van der Waals surface area contributed by atoms with Crippen molar-refractivity contribution in [2.75, 3.05) is 6.61 Å². The van der Waals surface area contributed by atoms with E-state index in [1.165, 1.54) is 0 Å². The zero-order chi connectivity index (χ0) is 13.0. The van der Waals surface area contributed by atoms with Crippen LogP contribution < -0.4 is 5.73 Å². The lowest BCUT2D eigenvalue weighted by Gasteiger charge is -2.11.